The van der Waals surface area contributed by atoms with Crippen molar-refractivity contribution >= 4 is 11.6 Å². The zero-order valence-electron chi connectivity index (χ0n) is 14.1. The first-order valence-electron chi connectivity index (χ1n) is 8.30. The van der Waals surface area contributed by atoms with Crippen molar-refractivity contribution in [2.24, 2.45) is 0 Å². The topological polar surface area (TPSA) is 53.5 Å². The van der Waals surface area contributed by atoms with Crippen molar-refractivity contribution in [1.29, 1.82) is 0 Å². The fourth-order valence-corrected chi connectivity index (χ4v) is 2.51. The minimum absolute atomic E-state index is 0.815. The Kier molecular flexibility index (Phi) is 6.86. The van der Waals surface area contributed by atoms with Crippen molar-refractivity contribution in [1.82, 2.24) is 14.9 Å². The largest absolute Gasteiger partial charge is 0.379 e. The molecule has 1 fully saturated rings. The van der Waals surface area contributed by atoms with Crippen molar-refractivity contribution in [2.75, 3.05) is 63.2 Å². The molecule has 0 saturated carbocycles. The molecule has 1 aliphatic heterocycles. The van der Waals surface area contributed by atoms with E-state index in [-0.39, 0.29) is 0 Å². The minimum Gasteiger partial charge on any atom is -0.379 e. The normalized spacial score (nSPS) is 15.8. The Labute approximate surface area is 133 Å². The third-order valence-electron chi connectivity index (χ3n) is 3.90. The summed E-state index contributed by atoms with van der Waals surface area (Å²) in [5.74, 6) is 2.73. The van der Waals surface area contributed by atoms with Gasteiger partial charge in [0.15, 0.2) is 0 Å². The van der Waals surface area contributed by atoms with Gasteiger partial charge in [-0.15, -0.1) is 0 Å². The molecule has 1 aromatic rings. The lowest BCUT2D eigenvalue weighted by Gasteiger charge is -2.26. The standard InChI is InChI=1S/C16H29N5O/c1-4-5-7-20(3)16-13-15(18-14(2)19-16)17-6-8-21-9-11-22-12-10-21/h13H,4-12H2,1-3H3,(H,17,18,19). The minimum atomic E-state index is 0.815. The third-order valence-corrected chi connectivity index (χ3v) is 3.90. The number of aromatic nitrogens is 2. The number of nitrogens with zero attached hydrogens (tertiary/aromatic N) is 4. The van der Waals surface area contributed by atoms with Gasteiger partial charge in [-0.3, -0.25) is 4.90 Å². The number of nitrogens with one attached hydrogen (secondary N) is 1. The van der Waals surface area contributed by atoms with Gasteiger partial charge in [0.2, 0.25) is 0 Å². The summed E-state index contributed by atoms with van der Waals surface area (Å²) < 4.78 is 5.37. The summed E-state index contributed by atoms with van der Waals surface area (Å²) in [6.45, 7) is 10.8. The van der Waals surface area contributed by atoms with Crippen LogP contribution in [0.25, 0.3) is 0 Å². The molecule has 0 radical (unpaired) electrons. The zero-order chi connectivity index (χ0) is 15.8. The van der Waals surface area contributed by atoms with Crippen molar-refractivity contribution in [3.63, 3.8) is 0 Å². The molecule has 124 valence electrons. The SMILES string of the molecule is CCCCN(C)c1cc(NCCN2CCOCC2)nc(C)n1. The Morgan fingerprint density at radius 3 is 2.82 bits per heavy atom. The molecule has 2 heterocycles. The molecule has 0 unspecified atom stereocenters. The molecule has 2 rings (SSSR count). The summed E-state index contributed by atoms with van der Waals surface area (Å²) in [7, 11) is 2.09. The molecule has 0 aromatic carbocycles. The van der Waals surface area contributed by atoms with E-state index in [0.717, 1.165) is 63.4 Å². The van der Waals surface area contributed by atoms with Crippen LogP contribution in [0.3, 0.4) is 0 Å². The van der Waals surface area contributed by atoms with Crippen LogP contribution in [0, 0.1) is 6.92 Å². The Morgan fingerprint density at radius 1 is 1.32 bits per heavy atom. The van der Waals surface area contributed by atoms with Crippen molar-refractivity contribution in [3.05, 3.63) is 11.9 Å². The number of anilines is 2. The molecule has 1 aliphatic rings. The molecule has 6 heteroatoms. The van der Waals surface area contributed by atoms with Gasteiger partial charge in [0, 0.05) is 45.8 Å². The Hall–Kier alpha value is -1.40. The summed E-state index contributed by atoms with van der Waals surface area (Å²) in [5, 5.41) is 3.42. The van der Waals surface area contributed by atoms with Gasteiger partial charge in [0.25, 0.3) is 0 Å². The zero-order valence-corrected chi connectivity index (χ0v) is 14.1. The highest BCUT2D eigenvalue weighted by Gasteiger charge is 2.10. The Balaban J connectivity index is 1.85. The molecule has 1 aromatic heterocycles. The number of aryl methyl sites for hydroxylation is 1. The van der Waals surface area contributed by atoms with E-state index in [2.05, 4.69) is 39.1 Å². The molecule has 22 heavy (non-hydrogen) atoms. The maximum Gasteiger partial charge on any atom is 0.134 e. The van der Waals surface area contributed by atoms with Gasteiger partial charge >= 0.3 is 0 Å². The first kappa shape index (κ1) is 17.0. The predicted molar refractivity (Wildman–Crippen MR) is 90.7 cm³/mol. The highest BCUT2D eigenvalue weighted by atomic mass is 16.5. The van der Waals surface area contributed by atoms with E-state index in [1.165, 1.54) is 12.8 Å². The van der Waals surface area contributed by atoms with Crippen LogP contribution in [0.15, 0.2) is 6.07 Å². The number of ether oxygens (including phenoxy) is 1. The third kappa shape index (κ3) is 5.42. The molecule has 1 N–H and O–H groups in total. The second-order valence-electron chi connectivity index (χ2n) is 5.81. The van der Waals surface area contributed by atoms with Crippen LogP contribution in [0.2, 0.25) is 0 Å². The highest BCUT2D eigenvalue weighted by Crippen LogP contribution is 2.15. The van der Waals surface area contributed by atoms with Gasteiger partial charge in [0.05, 0.1) is 13.2 Å². The van der Waals surface area contributed by atoms with Crippen LogP contribution in [-0.2, 0) is 4.74 Å². The second kappa shape index (κ2) is 8.90. The average molecular weight is 307 g/mol. The van der Waals surface area contributed by atoms with E-state index < -0.39 is 0 Å². The molecule has 0 bridgehead atoms. The van der Waals surface area contributed by atoms with Gasteiger partial charge in [-0.05, 0) is 13.3 Å². The summed E-state index contributed by atoms with van der Waals surface area (Å²) in [6, 6.07) is 2.04. The Morgan fingerprint density at radius 2 is 2.09 bits per heavy atom. The summed E-state index contributed by atoms with van der Waals surface area (Å²) in [6.07, 6.45) is 2.37. The van der Waals surface area contributed by atoms with Crippen LogP contribution in [-0.4, -0.2) is 67.9 Å². The number of unbranched alkanes of at least 4 members (excludes halogenated alkanes) is 1. The number of morpholine rings is 1. The second-order valence-corrected chi connectivity index (χ2v) is 5.81. The number of rotatable bonds is 8. The van der Waals surface area contributed by atoms with E-state index in [0.29, 0.717) is 0 Å². The quantitative estimate of drug-likeness (QED) is 0.790. The fourth-order valence-electron chi connectivity index (χ4n) is 2.51. The summed E-state index contributed by atoms with van der Waals surface area (Å²) in [4.78, 5) is 13.6. The molecule has 0 atom stereocenters. The van der Waals surface area contributed by atoms with E-state index >= 15 is 0 Å². The molecule has 0 aliphatic carbocycles. The van der Waals surface area contributed by atoms with E-state index in [9.17, 15) is 0 Å². The first-order valence-corrected chi connectivity index (χ1v) is 8.30. The monoisotopic (exact) mass is 307 g/mol. The maximum atomic E-state index is 5.37. The van der Waals surface area contributed by atoms with Crippen molar-refractivity contribution in [2.45, 2.75) is 26.7 Å². The molecule has 0 spiro atoms. The van der Waals surface area contributed by atoms with Gasteiger partial charge in [0.1, 0.15) is 17.5 Å². The van der Waals surface area contributed by atoms with E-state index in [4.69, 9.17) is 4.74 Å². The average Bonchev–Trinajstić information content (AvgIpc) is 2.53. The molecule has 6 nitrogen and oxygen atoms in total. The predicted octanol–water partition coefficient (Wildman–Crippen LogP) is 1.77. The maximum absolute atomic E-state index is 5.37. The molecular formula is C16H29N5O. The molecule has 0 amide bonds. The van der Waals surface area contributed by atoms with Crippen LogP contribution >= 0.6 is 0 Å². The van der Waals surface area contributed by atoms with Crippen molar-refractivity contribution < 1.29 is 4.74 Å². The lowest BCUT2D eigenvalue weighted by atomic mass is 10.3. The Bertz CT molecular complexity index is 448. The van der Waals surface area contributed by atoms with Gasteiger partial charge in [-0.1, -0.05) is 13.3 Å². The molecule has 1 saturated heterocycles. The number of hydrogen-bond donors (Lipinski definition) is 1. The van der Waals surface area contributed by atoms with Gasteiger partial charge in [-0.25, -0.2) is 9.97 Å². The summed E-state index contributed by atoms with van der Waals surface area (Å²) >= 11 is 0. The lowest BCUT2D eigenvalue weighted by molar-refractivity contribution is 0.0398. The van der Waals surface area contributed by atoms with Crippen LogP contribution in [0.5, 0.6) is 0 Å². The van der Waals surface area contributed by atoms with Crippen LogP contribution in [0.1, 0.15) is 25.6 Å². The first-order chi connectivity index (χ1) is 10.7. The van der Waals surface area contributed by atoms with E-state index in [1.54, 1.807) is 0 Å². The molecular weight excluding hydrogens is 278 g/mol. The van der Waals surface area contributed by atoms with Crippen LogP contribution in [0.4, 0.5) is 11.6 Å². The van der Waals surface area contributed by atoms with E-state index in [1.807, 2.05) is 13.0 Å². The van der Waals surface area contributed by atoms with Gasteiger partial charge in [-0.2, -0.15) is 0 Å². The summed E-state index contributed by atoms with van der Waals surface area (Å²) in [5.41, 5.74) is 0. The highest BCUT2D eigenvalue weighted by molar-refractivity contribution is 5.48. The van der Waals surface area contributed by atoms with Gasteiger partial charge < -0.3 is 15.0 Å². The van der Waals surface area contributed by atoms with Crippen molar-refractivity contribution in [3.8, 4) is 0 Å². The number of hydrogen-bond acceptors (Lipinski definition) is 6. The fraction of sp³-hybridized carbons (Fsp3) is 0.750. The van der Waals surface area contributed by atoms with Crippen LogP contribution < -0.4 is 10.2 Å². The smallest absolute Gasteiger partial charge is 0.134 e. The lowest BCUT2D eigenvalue weighted by Crippen LogP contribution is -2.39.